The Morgan fingerprint density at radius 1 is 1.24 bits per heavy atom. The Labute approximate surface area is 129 Å². The van der Waals surface area contributed by atoms with Gasteiger partial charge >= 0.3 is 0 Å². The summed E-state index contributed by atoms with van der Waals surface area (Å²) in [6.45, 7) is 7.44. The second-order valence-corrected chi connectivity index (χ2v) is 6.13. The van der Waals surface area contributed by atoms with Crippen LogP contribution in [-0.4, -0.2) is 44.8 Å². The van der Waals surface area contributed by atoms with Gasteiger partial charge in [0.1, 0.15) is 0 Å². The molecule has 1 aromatic rings. The topological polar surface area (TPSA) is 24.5 Å². The third-order valence-electron chi connectivity index (χ3n) is 4.36. The number of rotatable bonds is 8. The largest absolute Gasteiger partial charge is 0.381 e. The van der Waals surface area contributed by atoms with Gasteiger partial charge in [0, 0.05) is 25.8 Å². The fourth-order valence-electron chi connectivity index (χ4n) is 3.13. The first-order valence-corrected chi connectivity index (χ1v) is 8.34. The molecule has 1 aliphatic rings. The second-order valence-electron chi connectivity index (χ2n) is 6.13. The van der Waals surface area contributed by atoms with Crippen LogP contribution >= 0.6 is 0 Å². The summed E-state index contributed by atoms with van der Waals surface area (Å²) in [6.07, 6.45) is 3.61. The SMILES string of the molecule is CCNC(CCN(C)CC1CCOCC1)c1ccccc1. The highest BCUT2D eigenvalue weighted by Crippen LogP contribution is 2.19. The van der Waals surface area contributed by atoms with Crippen molar-refractivity contribution in [3.8, 4) is 0 Å². The zero-order valence-corrected chi connectivity index (χ0v) is 13.6. The molecule has 1 N–H and O–H groups in total. The van der Waals surface area contributed by atoms with E-state index in [9.17, 15) is 0 Å². The molecule has 118 valence electrons. The van der Waals surface area contributed by atoms with Crippen LogP contribution in [0, 0.1) is 5.92 Å². The van der Waals surface area contributed by atoms with E-state index in [1.54, 1.807) is 0 Å². The van der Waals surface area contributed by atoms with Gasteiger partial charge in [-0.3, -0.25) is 0 Å². The molecular formula is C18H30N2O. The molecule has 0 bridgehead atoms. The van der Waals surface area contributed by atoms with Gasteiger partial charge in [-0.1, -0.05) is 37.3 Å². The van der Waals surface area contributed by atoms with E-state index in [0.717, 1.165) is 38.6 Å². The lowest BCUT2D eigenvalue weighted by atomic mass is 9.99. The second kappa shape index (κ2) is 9.19. The quantitative estimate of drug-likeness (QED) is 0.796. The van der Waals surface area contributed by atoms with E-state index in [1.807, 2.05) is 0 Å². The highest BCUT2D eigenvalue weighted by molar-refractivity contribution is 5.18. The van der Waals surface area contributed by atoms with Crippen LogP contribution in [0.4, 0.5) is 0 Å². The normalized spacial score (nSPS) is 18.0. The maximum absolute atomic E-state index is 5.44. The van der Waals surface area contributed by atoms with Crippen molar-refractivity contribution in [2.75, 3.05) is 39.9 Å². The number of nitrogens with zero attached hydrogens (tertiary/aromatic N) is 1. The molecule has 1 atom stereocenters. The first-order valence-electron chi connectivity index (χ1n) is 8.34. The Kier molecular flexibility index (Phi) is 7.20. The Balaban J connectivity index is 1.78. The van der Waals surface area contributed by atoms with E-state index in [1.165, 1.54) is 24.9 Å². The summed E-state index contributed by atoms with van der Waals surface area (Å²) in [5.41, 5.74) is 1.40. The Morgan fingerprint density at radius 2 is 1.95 bits per heavy atom. The van der Waals surface area contributed by atoms with Gasteiger partial charge < -0.3 is 15.0 Å². The van der Waals surface area contributed by atoms with E-state index < -0.39 is 0 Å². The van der Waals surface area contributed by atoms with Gasteiger partial charge in [0.05, 0.1) is 0 Å². The fraction of sp³-hybridized carbons (Fsp3) is 0.667. The van der Waals surface area contributed by atoms with Gasteiger partial charge in [-0.15, -0.1) is 0 Å². The molecule has 1 aliphatic heterocycles. The average Bonchev–Trinajstić information content (AvgIpc) is 2.53. The lowest BCUT2D eigenvalue weighted by molar-refractivity contribution is 0.0553. The molecule has 0 saturated carbocycles. The van der Waals surface area contributed by atoms with Gasteiger partial charge in [-0.25, -0.2) is 0 Å². The summed E-state index contributed by atoms with van der Waals surface area (Å²) in [5, 5.41) is 3.61. The number of ether oxygens (including phenoxy) is 1. The molecule has 1 heterocycles. The predicted molar refractivity (Wildman–Crippen MR) is 88.5 cm³/mol. The molecule has 0 aromatic heterocycles. The third kappa shape index (κ3) is 5.77. The van der Waals surface area contributed by atoms with E-state index in [0.29, 0.717) is 6.04 Å². The van der Waals surface area contributed by atoms with E-state index >= 15 is 0 Å². The average molecular weight is 290 g/mol. The van der Waals surface area contributed by atoms with Crippen LogP contribution in [0.5, 0.6) is 0 Å². The Morgan fingerprint density at radius 3 is 2.62 bits per heavy atom. The number of benzene rings is 1. The molecule has 1 aromatic carbocycles. The molecule has 0 radical (unpaired) electrons. The molecule has 1 saturated heterocycles. The summed E-state index contributed by atoms with van der Waals surface area (Å²) in [6, 6.07) is 11.3. The van der Waals surface area contributed by atoms with Crippen molar-refractivity contribution in [2.24, 2.45) is 5.92 Å². The molecule has 3 heteroatoms. The van der Waals surface area contributed by atoms with Crippen LogP contribution in [0.15, 0.2) is 30.3 Å². The molecular weight excluding hydrogens is 260 g/mol. The molecule has 0 amide bonds. The summed E-state index contributed by atoms with van der Waals surface area (Å²) < 4.78 is 5.44. The summed E-state index contributed by atoms with van der Waals surface area (Å²) >= 11 is 0. The molecule has 0 spiro atoms. The summed E-state index contributed by atoms with van der Waals surface area (Å²) in [5.74, 6) is 0.818. The zero-order chi connectivity index (χ0) is 14.9. The zero-order valence-electron chi connectivity index (χ0n) is 13.6. The minimum Gasteiger partial charge on any atom is -0.381 e. The fourth-order valence-corrected chi connectivity index (χ4v) is 3.13. The highest BCUT2D eigenvalue weighted by Gasteiger charge is 2.17. The third-order valence-corrected chi connectivity index (χ3v) is 4.36. The minimum absolute atomic E-state index is 0.466. The predicted octanol–water partition coefficient (Wildman–Crippen LogP) is 3.09. The molecule has 2 rings (SSSR count). The summed E-state index contributed by atoms with van der Waals surface area (Å²) in [4.78, 5) is 2.49. The molecule has 1 fully saturated rings. The Bertz CT molecular complexity index is 376. The molecule has 3 nitrogen and oxygen atoms in total. The van der Waals surface area contributed by atoms with Gasteiger partial charge in [0.2, 0.25) is 0 Å². The molecule has 21 heavy (non-hydrogen) atoms. The van der Waals surface area contributed by atoms with E-state index in [-0.39, 0.29) is 0 Å². The van der Waals surface area contributed by atoms with Gasteiger partial charge in [0.15, 0.2) is 0 Å². The maximum Gasteiger partial charge on any atom is 0.0469 e. The first kappa shape index (κ1) is 16.5. The van der Waals surface area contributed by atoms with Crippen molar-refractivity contribution < 1.29 is 4.74 Å². The first-order chi connectivity index (χ1) is 10.3. The van der Waals surface area contributed by atoms with E-state index in [4.69, 9.17) is 4.74 Å². The van der Waals surface area contributed by atoms with Crippen molar-refractivity contribution >= 4 is 0 Å². The molecule has 0 aliphatic carbocycles. The number of nitrogens with one attached hydrogen (secondary N) is 1. The van der Waals surface area contributed by atoms with Crippen molar-refractivity contribution in [2.45, 2.75) is 32.2 Å². The molecule has 1 unspecified atom stereocenters. The minimum atomic E-state index is 0.466. The lowest BCUT2D eigenvalue weighted by Gasteiger charge is -2.28. The monoisotopic (exact) mass is 290 g/mol. The lowest BCUT2D eigenvalue weighted by Crippen LogP contribution is -2.32. The highest BCUT2D eigenvalue weighted by atomic mass is 16.5. The number of hydrogen-bond acceptors (Lipinski definition) is 3. The summed E-state index contributed by atoms with van der Waals surface area (Å²) in [7, 11) is 2.25. The number of hydrogen-bond donors (Lipinski definition) is 1. The van der Waals surface area contributed by atoms with Gasteiger partial charge in [-0.2, -0.15) is 0 Å². The van der Waals surface area contributed by atoms with Crippen molar-refractivity contribution in [3.05, 3.63) is 35.9 Å². The van der Waals surface area contributed by atoms with Crippen molar-refractivity contribution in [1.82, 2.24) is 10.2 Å². The standard InChI is InChI=1S/C18H30N2O/c1-3-19-18(17-7-5-4-6-8-17)9-12-20(2)15-16-10-13-21-14-11-16/h4-8,16,18-19H,3,9-15H2,1-2H3. The van der Waals surface area contributed by atoms with E-state index in [2.05, 4.69) is 54.5 Å². The van der Waals surface area contributed by atoms with Crippen LogP contribution < -0.4 is 5.32 Å². The van der Waals surface area contributed by atoms with Crippen molar-refractivity contribution in [3.63, 3.8) is 0 Å². The smallest absolute Gasteiger partial charge is 0.0469 e. The maximum atomic E-state index is 5.44. The van der Waals surface area contributed by atoms with Crippen LogP contribution in [-0.2, 0) is 4.74 Å². The van der Waals surface area contributed by atoms with Crippen LogP contribution in [0.25, 0.3) is 0 Å². The van der Waals surface area contributed by atoms with Gasteiger partial charge in [-0.05, 0) is 50.9 Å². The Hall–Kier alpha value is -0.900. The van der Waals surface area contributed by atoms with Crippen LogP contribution in [0.3, 0.4) is 0 Å². The van der Waals surface area contributed by atoms with Gasteiger partial charge in [0.25, 0.3) is 0 Å². The van der Waals surface area contributed by atoms with Crippen molar-refractivity contribution in [1.29, 1.82) is 0 Å². The van der Waals surface area contributed by atoms with Crippen LogP contribution in [0.1, 0.15) is 37.8 Å². The van der Waals surface area contributed by atoms with Crippen LogP contribution in [0.2, 0.25) is 0 Å².